The van der Waals surface area contributed by atoms with E-state index in [0.29, 0.717) is 34.8 Å². The normalized spacial score (nSPS) is 14.8. The van der Waals surface area contributed by atoms with E-state index in [4.69, 9.17) is 11.6 Å². The molecule has 1 aromatic carbocycles. The number of hydrogen-bond donors (Lipinski definition) is 2. The molecule has 1 atom stereocenters. The van der Waals surface area contributed by atoms with Gasteiger partial charge in [-0.3, -0.25) is 14.3 Å². The minimum absolute atomic E-state index is 0.0243. The van der Waals surface area contributed by atoms with Crippen molar-refractivity contribution in [2.45, 2.75) is 31.1 Å². The third-order valence-electron chi connectivity index (χ3n) is 5.16. The lowest BCUT2D eigenvalue weighted by molar-refractivity contribution is 0.0938. The molecule has 3 aromatic rings. The molecule has 4 rings (SSSR count). The SMILES string of the molecule is C[C@@H](CNS(=O)(=O)C1CC1)NC(=O)c1cc(-c2ccc(Cl)cc2)nn(-c2cnn(C)c2)c1=O. The van der Waals surface area contributed by atoms with Crippen molar-refractivity contribution in [1.82, 2.24) is 29.6 Å². The zero-order chi connectivity index (χ0) is 23.8. The van der Waals surface area contributed by atoms with Crippen LogP contribution in [0.4, 0.5) is 0 Å². The molecule has 1 amide bonds. The lowest BCUT2D eigenvalue weighted by Crippen LogP contribution is -2.44. The summed E-state index contributed by atoms with van der Waals surface area (Å²) in [5.41, 5.74) is 0.705. The fourth-order valence-corrected chi connectivity index (χ4v) is 4.80. The summed E-state index contributed by atoms with van der Waals surface area (Å²) >= 11 is 5.98. The van der Waals surface area contributed by atoms with Crippen LogP contribution in [0.5, 0.6) is 0 Å². The molecule has 2 heterocycles. The Balaban J connectivity index is 1.64. The summed E-state index contributed by atoms with van der Waals surface area (Å²) in [6.45, 7) is 1.69. The van der Waals surface area contributed by atoms with Crippen LogP contribution in [0.25, 0.3) is 16.9 Å². The number of carbonyl (C=O) groups excluding carboxylic acids is 1. The summed E-state index contributed by atoms with van der Waals surface area (Å²) in [6, 6.07) is 7.72. The molecule has 0 radical (unpaired) electrons. The molecule has 0 saturated heterocycles. The molecule has 174 valence electrons. The fraction of sp³-hybridized carbons (Fsp3) is 0.333. The number of hydrogen-bond acceptors (Lipinski definition) is 6. The maximum Gasteiger partial charge on any atom is 0.284 e. The van der Waals surface area contributed by atoms with E-state index < -0.39 is 27.5 Å². The topological polar surface area (TPSA) is 128 Å². The first-order valence-electron chi connectivity index (χ1n) is 10.3. The predicted molar refractivity (Wildman–Crippen MR) is 124 cm³/mol. The van der Waals surface area contributed by atoms with Gasteiger partial charge < -0.3 is 5.32 Å². The van der Waals surface area contributed by atoms with Crippen LogP contribution in [-0.2, 0) is 17.1 Å². The largest absolute Gasteiger partial charge is 0.348 e. The van der Waals surface area contributed by atoms with Crippen molar-refractivity contribution in [2.24, 2.45) is 7.05 Å². The Morgan fingerprint density at radius 2 is 1.97 bits per heavy atom. The Morgan fingerprint density at radius 3 is 2.58 bits per heavy atom. The van der Waals surface area contributed by atoms with Crippen molar-refractivity contribution in [2.75, 3.05) is 6.54 Å². The second kappa shape index (κ2) is 9.08. The average molecular weight is 491 g/mol. The Bertz CT molecular complexity index is 1350. The van der Waals surface area contributed by atoms with Crippen LogP contribution < -0.4 is 15.6 Å². The monoisotopic (exact) mass is 490 g/mol. The molecular formula is C21H23ClN6O4S. The van der Waals surface area contributed by atoms with Gasteiger partial charge in [-0.15, -0.1) is 0 Å². The zero-order valence-corrected chi connectivity index (χ0v) is 19.6. The highest BCUT2D eigenvalue weighted by Crippen LogP contribution is 2.27. The summed E-state index contributed by atoms with van der Waals surface area (Å²) in [5.74, 6) is -0.631. The van der Waals surface area contributed by atoms with Gasteiger partial charge in [-0.1, -0.05) is 23.7 Å². The first kappa shape index (κ1) is 23.1. The maximum absolute atomic E-state index is 13.1. The fourth-order valence-electron chi connectivity index (χ4n) is 3.20. The van der Waals surface area contributed by atoms with E-state index in [1.807, 2.05) is 0 Å². The van der Waals surface area contributed by atoms with Crippen LogP contribution in [0.1, 0.15) is 30.1 Å². The molecule has 2 N–H and O–H groups in total. The van der Waals surface area contributed by atoms with E-state index in [9.17, 15) is 18.0 Å². The Kier molecular flexibility index (Phi) is 6.37. The average Bonchev–Trinajstić information content (AvgIpc) is 3.55. The first-order valence-corrected chi connectivity index (χ1v) is 12.2. The molecular weight excluding hydrogens is 468 g/mol. The molecule has 1 saturated carbocycles. The summed E-state index contributed by atoms with van der Waals surface area (Å²) in [6.07, 6.45) is 4.37. The van der Waals surface area contributed by atoms with Gasteiger partial charge in [0, 0.05) is 30.2 Å². The zero-order valence-electron chi connectivity index (χ0n) is 18.0. The van der Waals surface area contributed by atoms with Gasteiger partial charge in [0.2, 0.25) is 10.0 Å². The second-order valence-corrected chi connectivity index (χ2v) is 10.5. The third kappa shape index (κ3) is 5.32. The van der Waals surface area contributed by atoms with E-state index in [-0.39, 0.29) is 17.4 Å². The van der Waals surface area contributed by atoms with E-state index in [2.05, 4.69) is 20.2 Å². The van der Waals surface area contributed by atoms with E-state index in [0.717, 1.165) is 4.68 Å². The summed E-state index contributed by atoms with van der Waals surface area (Å²) in [4.78, 5) is 26.1. The highest BCUT2D eigenvalue weighted by atomic mass is 35.5. The van der Waals surface area contributed by atoms with Gasteiger partial charge >= 0.3 is 0 Å². The van der Waals surface area contributed by atoms with Crippen LogP contribution in [0, 0.1) is 0 Å². The molecule has 0 bridgehead atoms. The molecule has 1 aliphatic carbocycles. The number of rotatable bonds is 8. The molecule has 0 spiro atoms. The van der Waals surface area contributed by atoms with Gasteiger partial charge in [-0.2, -0.15) is 14.9 Å². The Morgan fingerprint density at radius 1 is 1.27 bits per heavy atom. The first-order chi connectivity index (χ1) is 15.6. The molecule has 2 aromatic heterocycles. The number of halogens is 1. The van der Waals surface area contributed by atoms with Crippen molar-refractivity contribution in [3.05, 3.63) is 63.7 Å². The molecule has 10 nitrogen and oxygen atoms in total. The van der Waals surface area contributed by atoms with Crippen molar-refractivity contribution in [1.29, 1.82) is 0 Å². The highest BCUT2D eigenvalue weighted by Gasteiger charge is 2.35. The highest BCUT2D eigenvalue weighted by molar-refractivity contribution is 7.90. The number of nitrogens with one attached hydrogen (secondary N) is 2. The van der Waals surface area contributed by atoms with Gasteiger partial charge in [0.1, 0.15) is 11.3 Å². The number of carbonyl (C=O) groups is 1. The minimum atomic E-state index is -3.37. The molecule has 0 aliphatic heterocycles. The van der Waals surface area contributed by atoms with Crippen LogP contribution >= 0.6 is 11.6 Å². The lowest BCUT2D eigenvalue weighted by Gasteiger charge is -2.15. The molecule has 0 unspecified atom stereocenters. The van der Waals surface area contributed by atoms with Crippen molar-refractivity contribution in [3.63, 3.8) is 0 Å². The van der Waals surface area contributed by atoms with Gasteiger partial charge in [0.05, 0.1) is 23.3 Å². The quantitative estimate of drug-likeness (QED) is 0.492. The van der Waals surface area contributed by atoms with Gasteiger partial charge in [0.15, 0.2) is 0 Å². The number of aromatic nitrogens is 4. The molecule has 33 heavy (non-hydrogen) atoms. The van der Waals surface area contributed by atoms with Crippen molar-refractivity contribution in [3.8, 4) is 16.9 Å². The van der Waals surface area contributed by atoms with Gasteiger partial charge in [0.25, 0.3) is 11.5 Å². The van der Waals surface area contributed by atoms with Crippen LogP contribution in [0.3, 0.4) is 0 Å². The van der Waals surface area contributed by atoms with E-state index >= 15 is 0 Å². The Hall–Kier alpha value is -3.02. The smallest absolute Gasteiger partial charge is 0.284 e. The predicted octanol–water partition coefficient (Wildman–Crippen LogP) is 1.49. The summed E-state index contributed by atoms with van der Waals surface area (Å²) in [7, 11) is -1.67. The van der Waals surface area contributed by atoms with Crippen LogP contribution in [0.2, 0.25) is 5.02 Å². The third-order valence-corrected chi connectivity index (χ3v) is 7.33. The number of nitrogens with zero attached hydrogens (tertiary/aromatic N) is 4. The molecule has 12 heteroatoms. The van der Waals surface area contributed by atoms with Crippen LogP contribution in [-0.4, -0.2) is 51.7 Å². The standard InChI is InChI=1S/C21H23ClN6O4S/c1-13(10-24-33(31,32)17-7-8-17)25-20(29)18-9-19(14-3-5-15(22)6-4-14)26-28(21(18)30)16-11-23-27(2)12-16/h3-6,9,11-13,17,24H,7-8,10H2,1-2H3,(H,25,29)/t13-/m0/s1. The summed E-state index contributed by atoms with van der Waals surface area (Å²) in [5, 5.41) is 11.4. The number of amides is 1. The van der Waals surface area contributed by atoms with Crippen LogP contribution in [0.15, 0.2) is 47.5 Å². The van der Waals surface area contributed by atoms with E-state index in [1.165, 1.54) is 16.9 Å². The van der Waals surface area contributed by atoms with Crippen molar-refractivity contribution < 1.29 is 13.2 Å². The maximum atomic E-state index is 13.1. The van der Waals surface area contributed by atoms with Crippen molar-refractivity contribution >= 4 is 27.5 Å². The van der Waals surface area contributed by atoms with E-state index in [1.54, 1.807) is 44.4 Å². The molecule has 1 fully saturated rings. The molecule has 1 aliphatic rings. The van der Waals surface area contributed by atoms with Gasteiger partial charge in [-0.25, -0.2) is 13.1 Å². The summed E-state index contributed by atoms with van der Waals surface area (Å²) < 4.78 is 29.2. The van der Waals surface area contributed by atoms with Gasteiger partial charge in [-0.05, 0) is 38.0 Å². The number of aryl methyl sites for hydroxylation is 1. The number of benzene rings is 1. The minimum Gasteiger partial charge on any atom is -0.348 e. The lowest BCUT2D eigenvalue weighted by atomic mass is 10.1. The second-order valence-electron chi connectivity index (χ2n) is 8.01. The number of sulfonamides is 1. The Labute approximate surface area is 195 Å².